The number of nitrogen functional groups attached to an aromatic ring is 1. The molecule has 0 unspecified atom stereocenters. The predicted molar refractivity (Wildman–Crippen MR) is 85.8 cm³/mol. The van der Waals surface area contributed by atoms with Gasteiger partial charge in [0.25, 0.3) is 5.69 Å². The topological polar surface area (TPSA) is 82.0 Å². The van der Waals surface area contributed by atoms with Gasteiger partial charge in [0.1, 0.15) is 0 Å². The number of nitro groups is 1. The third-order valence-corrected chi connectivity index (χ3v) is 4.42. The van der Waals surface area contributed by atoms with Gasteiger partial charge in [-0.1, -0.05) is 11.6 Å². The zero-order valence-corrected chi connectivity index (χ0v) is 13.2. The lowest BCUT2D eigenvalue weighted by atomic mass is 10.1. The number of aromatic nitrogens is 1. The zero-order chi connectivity index (χ0) is 15.6. The summed E-state index contributed by atoms with van der Waals surface area (Å²) in [5, 5.41) is 11.7. The highest BCUT2D eigenvalue weighted by molar-refractivity contribution is 7.98. The van der Waals surface area contributed by atoms with Crippen LogP contribution in [0.1, 0.15) is 16.8 Å². The van der Waals surface area contributed by atoms with Crippen LogP contribution in [0.15, 0.2) is 29.3 Å². The summed E-state index contributed by atoms with van der Waals surface area (Å²) in [7, 11) is 0. The minimum absolute atomic E-state index is 0.125. The molecule has 0 spiro atoms. The van der Waals surface area contributed by atoms with Crippen LogP contribution in [0.5, 0.6) is 0 Å². The molecule has 0 aliphatic carbocycles. The number of halogens is 1. The number of aryl methyl sites for hydroxylation is 1. The van der Waals surface area contributed by atoms with E-state index in [1.807, 2.05) is 0 Å². The Hall–Kier alpha value is -1.79. The van der Waals surface area contributed by atoms with Gasteiger partial charge in [-0.05, 0) is 32.0 Å². The Balaban J connectivity index is 2.27. The number of rotatable bonds is 4. The van der Waals surface area contributed by atoms with E-state index < -0.39 is 0 Å². The van der Waals surface area contributed by atoms with Crippen LogP contribution in [0, 0.1) is 24.0 Å². The summed E-state index contributed by atoms with van der Waals surface area (Å²) < 4.78 is 0. The van der Waals surface area contributed by atoms with Crippen LogP contribution in [-0.2, 0) is 5.75 Å². The number of nitrogens with zero attached hydrogens (tertiary/aromatic N) is 2. The Morgan fingerprint density at radius 1 is 1.43 bits per heavy atom. The van der Waals surface area contributed by atoms with Crippen molar-refractivity contribution in [2.45, 2.75) is 24.5 Å². The number of hydrogen-bond donors (Lipinski definition) is 1. The van der Waals surface area contributed by atoms with E-state index in [1.54, 1.807) is 32.0 Å². The average Bonchev–Trinajstić information content (AvgIpc) is 2.41. The normalized spacial score (nSPS) is 10.6. The van der Waals surface area contributed by atoms with Crippen molar-refractivity contribution in [2.75, 3.05) is 5.73 Å². The molecule has 2 rings (SSSR count). The smallest absolute Gasteiger partial charge is 0.278 e. The van der Waals surface area contributed by atoms with Gasteiger partial charge in [-0.2, -0.15) is 0 Å². The van der Waals surface area contributed by atoms with Gasteiger partial charge in [-0.25, -0.2) is 0 Å². The van der Waals surface area contributed by atoms with E-state index in [0.717, 1.165) is 4.90 Å². The molecule has 7 heteroatoms. The standard InChI is InChI=1S/C14H14ClN3O2S/c1-8-6-17-12(9(2)14(8)18(19)20)7-21-13-5-10(15)3-4-11(13)16/h3-6H,7,16H2,1-2H3. The van der Waals surface area contributed by atoms with Gasteiger partial charge in [0.15, 0.2) is 0 Å². The third-order valence-electron chi connectivity index (χ3n) is 3.10. The van der Waals surface area contributed by atoms with Crippen molar-refractivity contribution in [3.8, 4) is 0 Å². The second-order valence-corrected chi connectivity index (χ2v) is 6.04. The molecule has 5 nitrogen and oxygen atoms in total. The number of hydrogen-bond acceptors (Lipinski definition) is 5. The van der Waals surface area contributed by atoms with Crippen molar-refractivity contribution >= 4 is 34.7 Å². The quantitative estimate of drug-likeness (QED) is 0.396. The Bertz CT molecular complexity index is 707. The van der Waals surface area contributed by atoms with E-state index in [2.05, 4.69) is 4.98 Å². The van der Waals surface area contributed by atoms with E-state index in [9.17, 15) is 10.1 Å². The van der Waals surface area contributed by atoms with Crippen molar-refractivity contribution in [1.29, 1.82) is 0 Å². The molecule has 2 aromatic rings. The molecule has 0 aliphatic heterocycles. The Morgan fingerprint density at radius 3 is 2.81 bits per heavy atom. The first-order valence-corrected chi connectivity index (χ1v) is 7.53. The summed E-state index contributed by atoms with van der Waals surface area (Å²) in [6, 6.07) is 5.24. The van der Waals surface area contributed by atoms with Crippen LogP contribution in [-0.4, -0.2) is 9.91 Å². The van der Waals surface area contributed by atoms with E-state index in [-0.39, 0.29) is 10.6 Å². The summed E-state index contributed by atoms with van der Waals surface area (Å²) in [4.78, 5) is 15.9. The lowest BCUT2D eigenvalue weighted by Gasteiger charge is -2.09. The first kappa shape index (κ1) is 15.6. The monoisotopic (exact) mass is 323 g/mol. The maximum Gasteiger partial charge on any atom is 0.278 e. The van der Waals surface area contributed by atoms with Gasteiger partial charge in [-0.15, -0.1) is 11.8 Å². The lowest BCUT2D eigenvalue weighted by molar-refractivity contribution is -0.386. The van der Waals surface area contributed by atoms with Crippen LogP contribution in [0.3, 0.4) is 0 Å². The maximum absolute atomic E-state index is 11.1. The first-order valence-electron chi connectivity index (χ1n) is 6.17. The first-order chi connectivity index (χ1) is 9.90. The molecule has 0 radical (unpaired) electrons. The van der Waals surface area contributed by atoms with Crippen molar-refractivity contribution < 1.29 is 4.92 Å². The molecule has 0 bridgehead atoms. The van der Waals surface area contributed by atoms with Crippen molar-refractivity contribution in [2.24, 2.45) is 0 Å². The molecule has 1 aromatic carbocycles. The zero-order valence-electron chi connectivity index (χ0n) is 11.6. The lowest BCUT2D eigenvalue weighted by Crippen LogP contribution is -2.01. The molecule has 0 atom stereocenters. The molecule has 1 heterocycles. The number of nitrogens with two attached hydrogens (primary N) is 1. The molecule has 21 heavy (non-hydrogen) atoms. The molecule has 1 aromatic heterocycles. The maximum atomic E-state index is 11.1. The minimum Gasteiger partial charge on any atom is -0.398 e. The highest BCUT2D eigenvalue weighted by Gasteiger charge is 2.18. The van der Waals surface area contributed by atoms with Gasteiger partial charge in [0, 0.05) is 38.7 Å². The van der Waals surface area contributed by atoms with Crippen molar-refractivity contribution in [3.05, 3.63) is 56.4 Å². The SMILES string of the molecule is Cc1cnc(CSc2cc(Cl)ccc2N)c(C)c1[N+](=O)[O-]. The molecule has 0 fully saturated rings. The van der Waals surface area contributed by atoms with Gasteiger partial charge in [0.2, 0.25) is 0 Å². The van der Waals surface area contributed by atoms with Gasteiger partial charge >= 0.3 is 0 Å². The van der Waals surface area contributed by atoms with Crippen LogP contribution in [0.25, 0.3) is 0 Å². The van der Waals surface area contributed by atoms with Crippen LogP contribution in [0.2, 0.25) is 5.02 Å². The minimum atomic E-state index is -0.367. The average molecular weight is 324 g/mol. The second-order valence-electron chi connectivity index (χ2n) is 4.59. The highest BCUT2D eigenvalue weighted by Crippen LogP contribution is 2.32. The summed E-state index contributed by atoms with van der Waals surface area (Å²) >= 11 is 7.40. The number of pyridine rings is 1. The molecular weight excluding hydrogens is 310 g/mol. The molecule has 0 amide bonds. The van der Waals surface area contributed by atoms with Crippen molar-refractivity contribution in [3.63, 3.8) is 0 Å². The second kappa shape index (κ2) is 6.32. The molecule has 0 saturated carbocycles. The molecule has 0 aliphatic rings. The predicted octanol–water partition coefficient (Wildman–Crippen LogP) is 4.13. The van der Waals surface area contributed by atoms with E-state index in [0.29, 0.717) is 33.3 Å². The summed E-state index contributed by atoms with van der Waals surface area (Å²) in [6.45, 7) is 3.40. The number of anilines is 1. The summed E-state index contributed by atoms with van der Waals surface area (Å²) in [6.07, 6.45) is 1.53. The summed E-state index contributed by atoms with van der Waals surface area (Å²) in [5.74, 6) is 0.498. The van der Waals surface area contributed by atoms with Crippen LogP contribution in [0.4, 0.5) is 11.4 Å². The van der Waals surface area contributed by atoms with Gasteiger partial charge in [0.05, 0.1) is 10.6 Å². The van der Waals surface area contributed by atoms with Gasteiger partial charge < -0.3 is 5.73 Å². The van der Waals surface area contributed by atoms with E-state index in [1.165, 1.54) is 18.0 Å². The molecule has 0 saturated heterocycles. The molecule has 110 valence electrons. The van der Waals surface area contributed by atoms with Crippen LogP contribution >= 0.6 is 23.4 Å². The third kappa shape index (κ3) is 3.46. The Kier molecular flexibility index (Phi) is 4.69. The van der Waals surface area contributed by atoms with Gasteiger partial charge in [-0.3, -0.25) is 15.1 Å². The highest BCUT2D eigenvalue weighted by atomic mass is 35.5. The molecular formula is C14H14ClN3O2S. The number of thioether (sulfide) groups is 1. The Morgan fingerprint density at radius 2 is 2.14 bits per heavy atom. The fraction of sp³-hybridized carbons (Fsp3) is 0.214. The molecule has 2 N–H and O–H groups in total. The van der Waals surface area contributed by atoms with E-state index in [4.69, 9.17) is 17.3 Å². The fourth-order valence-corrected chi connectivity index (χ4v) is 3.24. The summed E-state index contributed by atoms with van der Waals surface area (Å²) in [5.41, 5.74) is 8.47. The Labute approximate surface area is 131 Å². The largest absolute Gasteiger partial charge is 0.398 e. The number of benzene rings is 1. The fourth-order valence-electron chi connectivity index (χ4n) is 1.97. The van der Waals surface area contributed by atoms with E-state index >= 15 is 0 Å². The van der Waals surface area contributed by atoms with Crippen molar-refractivity contribution in [1.82, 2.24) is 4.98 Å². The van der Waals surface area contributed by atoms with Crippen LogP contribution < -0.4 is 5.73 Å².